The summed E-state index contributed by atoms with van der Waals surface area (Å²) >= 11 is 0. The fourth-order valence-electron chi connectivity index (χ4n) is 3.53. The molecule has 1 N–H and O–H groups in total. The third kappa shape index (κ3) is 2.98. The minimum absolute atomic E-state index is 0.124. The number of aromatic nitrogens is 1. The van der Waals surface area contributed by atoms with Crippen molar-refractivity contribution in [3.63, 3.8) is 0 Å². The predicted molar refractivity (Wildman–Crippen MR) is 102 cm³/mol. The summed E-state index contributed by atoms with van der Waals surface area (Å²) in [5.74, 6) is -0.124. The molecular weight excluding hydrogens is 362 g/mol. The van der Waals surface area contributed by atoms with Crippen LogP contribution in [0, 0.1) is 11.3 Å². The smallest absolute Gasteiger partial charge is 0.267 e. The Bertz CT molecular complexity index is 1220. The molecule has 0 atom stereocenters. The first-order chi connectivity index (χ1) is 12.9. The molecule has 0 unspecified atom stereocenters. The standard InChI is InChI=1S/C20H17N3O3S/c1-27(25,26)16-5-3-14(4-6-16)17-10-13(12-21)9-15-11-18-20(24)22-7-2-8-23(18)19(15)17/h3-6,9-11H,2,7-8H2,1H3,(H,22,24). The molecule has 136 valence electrons. The van der Waals surface area contributed by atoms with E-state index in [2.05, 4.69) is 11.4 Å². The highest BCUT2D eigenvalue weighted by atomic mass is 32.2. The van der Waals surface area contributed by atoms with Crippen LogP contribution >= 0.6 is 0 Å². The van der Waals surface area contributed by atoms with Gasteiger partial charge >= 0.3 is 0 Å². The number of nitrogens with zero attached hydrogens (tertiary/aromatic N) is 2. The molecule has 0 aliphatic carbocycles. The average Bonchev–Trinajstić information content (AvgIpc) is 2.92. The SMILES string of the molecule is CS(=O)(=O)c1ccc(-c2cc(C#N)cc3cc4n(c23)CCCNC4=O)cc1. The van der Waals surface area contributed by atoms with E-state index in [0.29, 0.717) is 24.3 Å². The number of rotatable bonds is 2. The van der Waals surface area contributed by atoms with Gasteiger partial charge in [-0.05, 0) is 42.3 Å². The van der Waals surface area contributed by atoms with Crippen LogP contribution in [0.3, 0.4) is 0 Å². The molecule has 0 saturated heterocycles. The van der Waals surface area contributed by atoms with E-state index in [1.54, 1.807) is 36.4 Å². The highest BCUT2D eigenvalue weighted by Crippen LogP contribution is 2.34. The summed E-state index contributed by atoms with van der Waals surface area (Å²) in [6, 6.07) is 14.1. The normalized spacial score (nSPS) is 14.3. The molecule has 2 aromatic carbocycles. The number of hydrogen-bond donors (Lipinski definition) is 1. The lowest BCUT2D eigenvalue weighted by atomic mass is 10.00. The van der Waals surface area contributed by atoms with Crippen molar-refractivity contribution >= 4 is 26.6 Å². The van der Waals surface area contributed by atoms with Crippen molar-refractivity contribution in [1.82, 2.24) is 9.88 Å². The first kappa shape index (κ1) is 17.3. The van der Waals surface area contributed by atoms with E-state index in [4.69, 9.17) is 0 Å². The van der Waals surface area contributed by atoms with Gasteiger partial charge in [-0.1, -0.05) is 12.1 Å². The summed E-state index contributed by atoms with van der Waals surface area (Å²) in [5.41, 5.74) is 3.56. The molecule has 2 heterocycles. The number of carbonyl (C=O) groups is 1. The monoisotopic (exact) mass is 379 g/mol. The van der Waals surface area contributed by atoms with E-state index in [1.165, 1.54) is 6.26 Å². The van der Waals surface area contributed by atoms with Crippen LogP contribution in [0.15, 0.2) is 47.4 Å². The fraction of sp³-hybridized carbons (Fsp3) is 0.200. The van der Waals surface area contributed by atoms with Gasteiger partial charge in [0.1, 0.15) is 5.69 Å². The molecule has 0 fully saturated rings. The van der Waals surface area contributed by atoms with Gasteiger partial charge in [-0.3, -0.25) is 4.79 Å². The molecule has 1 aromatic heterocycles. The predicted octanol–water partition coefficient (Wildman–Crippen LogP) is 2.72. The second-order valence-corrected chi connectivity index (χ2v) is 8.68. The van der Waals surface area contributed by atoms with Crippen molar-refractivity contribution in [3.8, 4) is 17.2 Å². The van der Waals surface area contributed by atoms with E-state index >= 15 is 0 Å². The Morgan fingerprint density at radius 3 is 2.56 bits per heavy atom. The molecule has 3 aromatic rings. The first-order valence-electron chi connectivity index (χ1n) is 8.54. The number of sulfone groups is 1. The van der Waals surface area contributed by atoms with Gasteiger partial charge in [0.2, 0.25) is 0 Å². The third-order valence-electron chi connectivity index (χ3n) is 4.79. The number of aryl methyl sites for hydroxylation is 1. The van der Waals surface area contributed by atoms with Crippen molar-refractivity contribution in [1.29, 1.82) is 5.26 Å². The maximum absolute atomic E-state index is 12.4. The van der Waals surface area contributed by atoms with Crippen LogP contribution in [-0.2, 0) is 16.4 Å². The zero-order valence-corrected chi connectivity index (χ0v) is 15.5. The van der Waals surface area contributed by atoms with Gasteiger partial charge in [0.05, 0.1) is 22.0 Å². The van der Waals surface area contributed by atoms with Gasteiger partial charge < -0.3 is 9.88 Å². The Morgan fingerprint density at radius 2 is 1.89 bits per heavy atom. The number of hydrogen-bond acceptors (Lipinski definition) is 4. The lowest BCUT2D eigenvalue weighted by Gasteiger charge is -2.11. The molecular formula is C20H17N3O3S. The number of nitrogens with one attached hydrogen (secondary N) is 1. The van der Waals surface area contributed by atoms with E-state index in [1.807, 2.05) is 10.6 Å². The first-order valence-corrected chi connectivity index (χ1v) is 10.4. The summed E-state index contributed by atoms with van der Waals surface area (Å²) in [4.78, 5) is 12.6. The van der Waals surface area contributed by atoms with Crippen LogP contribution in [0.5, 0.6) is 0 Å². The van der Waals surface area contributed by atoms with Crippen molar-refractivity contribution in [2.75, 3.05) is 12.8 Å². The molecule has 1 aliphatic rings. The molecule has 0 spiro atoms. The summed E-state index contributed by atoms with van der Waals surface area (Å²) < 4.78 is 25.4. The van der Waals surface area contributed by atoms with E-state index < -0.39 is 9.84 Å². The maximum Gasteiger partial charge on any atom is 0.267 e. The largest absolute Gasteiger partial charge is 0.351 e. The maximum atomic E-state index is 12.4. The molecule has 0 radical (unpaired) electrons. The van der Waals surface area contributed by atoms with Crippen LogP contribution in [-0.4, -0.2) is 31.7 Å². The van der Waals surface area contributed by atoms with Crippen molar-refractivity contribution in [2.24, 2.45) is 0 Å². The molecule has 27 heavy (non-hydrogen) atoms. The minimum Gasteiger partial charge on any atom is -0.351 e. The Hall–Kier alpha value is -3.11. The van der Waals surface area contributed by atoms with Gasteiger partial charge in [0, 0.05) is 30.3 Å². The summed E-state index contributed by atoms with van der Waals surface area (Å²) in [6.45, 7) is 1.31. The Kier molecular flexibility index (Phi) is 4.01. The van der Waals surface area contributed by atoms with Crippen LogP contribution in [0.2, 0.25) is 0 Å². The molecule has 0 bridgehead atoms. The molecule has 4 rings (SSSR count). The number of carbonyl (C=O) groups excluding carboxylic acids is 1. The van der Waals surface area contributed by atoms with E-state index in [0.717, 1.165) is 28.5 Å². The summed E-state index contributed by atoms with van der Waals surface area (Å²) in [7, 11) is -3.28. The molecule has 1 amide bonds. The second kappa shape index (κ2) is 6.25. The van der Waals surface area contributed by atoms with Crippen LogP contribution in [0.25, 0.3) is 22.0 Å². The number of fused-ring (bicyclic) bond motifs is 3. The zero-order valence-electron chi connectivity index (χ0n) is 14.7. The number of nitriles is 1. The third-order valence-corrected chi connectivity index (χ3v) is 5.92. The Balaban J connectivity index is 1.99. The quantitative estimate of drug-likeness (QED) is 0.741. The van der Waals surface area contributed by atoms with Gasteiger partial charge in [-0.15, -0.1) is 0 Å². The Labute approximate surface area is 157 Å². The summed E-state index contributed by atoms with van der Waals surface area (Å²) in [6.07, 6.45) is 1.98. The summed E-state index contributed by atoms with van der Waals surface area (Å²) in [5, 5.41) is 13.1. The lowest BCUT2D eigenvalue weighted by molar-refractivity contribution is 0.0951. The van der Waals surface area contributed by atoms with Crippen LogP contribution < -0.4 is 5.32 Å². The highest BCUT2D eigenvalue weighted by Gasteiger charge is 2.21. The van der Waals surface area contributed by atoms with Crippen molar-refractivity contribution < 1.29 is 13.2 Å². The lowest BCUT2D eigenvalue weighted by Crippen LogP contribution is -2.22. The minimum atomic E-state index is -3.28. The van der Waals surface area contributed by atoms with E-state index in [-0.39, 0.29) is 10.8 Å². The molecule has 7 heteroatoms. The number of benzene rings is 2. The number of amides is 1. The topological polar surface area (TPSA) is 92.0 Å². The average molecular weight is 379 g/mol. The van der Waals surface area contributed by atoms with Gasteiger partial charge in [-0.25, -0.2) is 8.42 Å². The van der Waals surface area contributed by atoms with Crippen molar-refractivity contribution in [3.05, 3.63) is 53.7 Å². The van der Waals surface area contributed by atoms with Gasteiger partial charge in [0.25, 0.3) is 5.91 Å². The van der Waals surface area contributed by atoms with Crippen molar-refractivity contribution in [2.45, 2.75) is 17.9 Å². The fourth-order valence-corrected chi connectivity index (χ4v) is 4.16. The molecule has 6 nitrogen and oxygen atoms in total. The molecule has 1 aliphatic heterocycles. The van der Waals surface area contributed by atoms with Crippen LogP contribution in [0.1, 0.15) is 22.5 Å². The van der Waals surface area contributed by atoms with Crippen LogP contribution in [0.4, 0.5) is 0 Å². The van der Waals surface area contributed by atoms with Gasteiger partial charge in [0.15, 0.2) is 9.84 Å². The van der Waals surface area contributed by atoms with E-state index in [9.17, 15) is 18.5 Å². The zero-order chi connectivity index (χ0) is 19.2. The van der Waals surface area contributed by atoms with Gasteiger partial charge in [-0.2, -0.15) is 5.26 Å². The second-order valence-electron chi connectivity index (χ2n) is 6.66. The Morgan fingerprint density at radius 1 is 1.15 bits per heavy atom. The highest BCUT2D eigenvalue weighted by molar-refractivity contribution is 7.90. The molecule has 0 saturated carbocycles.